The third kappa shape index (κ3) is 8.81. The summed E-state index contributed by atoms with van der Waals surface area (Å²) < 4.78 is 0. The van der Waals surface area contributed by atoms with Crippen LogP contribution in [-0.2, 0) is 45.8 Å². The maximum absolute atomic E-state index is 4.83. The third-order valence-electron chi connectivity index (χ3n) is 9.37. The second-order valence-corrected chi connectivity index (χ2v) is 12.9. The predicted octanol–water partition coefficient (Wildman–Crippen LogP) is 11.2. The van der Waals surface area contributed by atoms with Crippen LogP contribution in [0.5, 0.6) is 0 Å². The summed E-state index contributed by atoms with van der Waals surface area (Å²) in [5.41, 5.74) is 15.5. The van der Waals surface area contributed by atoms with Gasteiger partial charge < -0.3 is 15.0 Å². The van der Waals surface area contributed by atoms with E-state index >= 15 is 0 Å². The Morgan fingerprint density at radius 2 is 0.774 bits per heavy atom. The van der Waals surface area contributed by atoms with Crippen molar-refractivity contribution in [2.45, 2.75) is 25.7 Å². The first-order chi connectivity index (χ1) is 25.7. The van der Waals surface area contributed by atoms with Crippen molar-refractivity contribution < 1.29 is 20.1 Å². The minimum Gasteiger partial charge on any atom is -0.304 e. The molecule has 0 fully saturated rings. The van der Waals surface area contributed by atoms with Gasteiger partial charge in [-0.2, -0.15) is 0 Å². The van der Waals surface area contributed by atoms with Gasteiger partial charge in [0.1, 0.15) is 0 Å². The van der Waals surface area contributed by atoms with Crippen molar-refractivity contribution in [3.05, 3.63) is 211 Å². The van der Waals surface area contributed by atoms with Crippen molar-refractivity contribution in [1.82, 2.24) is 15.0 Å². The van der Waals surface area contributed by atoms with Gasteiger partial charge >= 0.3 is 20.1 Å². The molecule has 0 amide bonds. The average Bonchev–Trinajstić information content (AvgIpc) is 3.23. The van der Waals surface area contributed by atoms with Crippen molar-refractivity contribution in [2.24, 2.45) is 0 Å². The Bertz CT molecular complexity index is 2250. The van der Waals surface area contributed by atoms with Crippen LogP contribution in [0.2, 0.25) is 0 Å². The number of hydrogen-bond donors (Lipinski definition) is 0. The van der Waals surface area contributed by atoms with Gasteiger partial charge in [-0.15, -0.1) is 108 Å². The molecular formula is C49H36IrN3. The molecule has 8 aromatic rings. The predicted molar refractivity (Wildman–Crippen MR) is 211 cm³/mol. The van der Waals surface area contributed by atoms with Gasteiger partial charge in [0.25, 0.3) is 0 Å². The molecule has 3 heterocycles. The van der Waals surface area contributed by atoms with E-state index in [0.717, 1.165) is 70.6 Å². The molecule has 8 rings (SSSR count). The molecule has 0 bridgehead atoms. The van der Waals surface area contributed by atoms with Crippen LogP contribution in [0.15, 0.2) is 170 Å². The number of pyridine rings is 3. The molecule has 0 aliphatic rings. The largest absolute Gasteiger partial charge is 3.00 e. The minimum absolute atomic E-state index is 0. The van der Waals surface area contributed by atoms with E-state index in [1.807, 2.05) is 91.4 Å². The molecule has 3 aromatic heterocycles. The molecule has 0 saturated heterocycles. The minimum atomic E-state index is 0. The summed E-state index contributed by atoms with van der Waals surface area (Å²) in [5, 5.41) is 0. The van der Waals surface area contributed by atoms with Gasteiger partial charge in [-0.3, -0.25) is 0 Å². The van der Waals surface area contributed by atoms with E-state index in [-0.39, 0.29) is 20.1 Å². The quantitative estimate of drug-likeness (QED) is 0.122. The van der Waals surface area contributed by atoms with E-state index in [1.54, 1.807) is 0 Å². The fraction of sp³-hybridized carbons (Fsp3) is 0.0816. The number of hydrogen-bond acceptors (Lipinski definition) is 3. The Morgan fingerprint density at radius 1 is 0.358 bits per heavy atom. The van der Waals surface area contributed by atoms with Crippen molar-refractivity contribution in [1.29, 1.82) is 0 Å². The summed E-state index contributed by atoms with van der Waals surface area (Å²) in [6, 6.07) is 62.3. The zero-order valence-corrected chi connectivity index (χ0v) is 31.6. The summed E-state index contributed by atoms with van der Waals surface area (Å²) in [4.78, 5) is 14.3. The van der Waals surface area contributed by atoms with E-state index in [9.17, 15) is 0 Å². The fourth-order valence-electron chi connectivity index (χ4n) is 6.60. The third-order valence-corrected chi connectivity index (χ3v) is 9.37. The second kappa shape index (κ2) is 17.1. The summed E-state index contributed by atoms with van der Waals surface area (Å²) in [7, 11) is 0. The summed E-state index contributed by atoms with van der Waals surface area (Å²) in [5.74, 6) is 0. The molecular weight excluding hydrogens is 823 g/mol. The molecule has 53 heavy (non-hydrogen) atoms. The molecule has 0 aliphatic heterocycles. The number of aromatic nitrogens is 3. The van der Waals surface area contributed by atoms with Gasteiger partial charge in [-0.25, -0.2) is 0 Å². The molecule has 256 valence electrons. The molecule has 5 aromatic carbocycles. The molecule has 0 unspecified atom stereocenters. The Balaban J connectivity index is 0.00000435. The SMILES string of the molecule is [Ir+3].[c-]1ccccc1-c1ccc(CCc2cc(CCc3ccc(-c4[c-]cccc4)nc3)cc(-c3ccccc3-c3ccc(-c4[c-]cccc4)nc3)c2)cn1. The van der Waals surface area contributed by atoms with E-state index in [2.05, 4.69) is 97.1 Å². The number of rotatable bonds is 11. The molecule has 0 radical (unpaired) electrons. The maximum Gasteiger partial charge on any atom is 3.00 e. The summed E-state index contributed by atoms with van der Waals surface area (Å²) in [6.45, 7) is 0. The van der Waals surface area contributed by atoms with Gasteiger partial charge in [0.05, 0.1) is 0 Å². The number of benzene rings is 5. The summed E-state index contributed by atoms with van der Waals surface area (Å²) in [6.07, 6.45) is 9.62. The van der Waals surface area contributed by atoms with Gasteiger partial charge in [-0.1, -0.05) is 78.9 Å². The van der Waals surface area contributed by atoms with Crippen LogP contribution in [0.3, 0.4) is 0 Å². The fourth-order valence-corrected chi connectivity index (χ4v) is 6.60. The van der Waals surface area contributed by atoms with Crippen molar-refractivity contribution in [3.63, 3.8) is 0 Å². The molecule has 0 spiro atoms. The monoisotopic (exact) mass is 859 g/mol. The topological polar surface area (TPSA) is 38.7 Å². The first-order valence-electron chi connectivity index (χ1n) is 17.7. The zero-order valence-electron chi connectivity index (χ0n) is 29.2. The standard InChI is InChI=1S/C49H36N3.Ir/c1-4-12-40(13-5-1)47-27-24-36(33-50-47)20-22-38-30-39(23-21-37-25-28-48(51-34-37)41-14-6-2-7-15-41)32-44(31-38)46-19-11-10-18-45(46)43-26-29-49(52-35-43)42-16-8-3-9-17-42;/h1-12,14,16,18-19,24-35H,20-23H2;/q-3;+3. The molecule has 3 nitrogen and oxygen atoms in total. The smallest absolute Gasteiger partial charge is 0.304 e. The first-order valence-corrected chi connectivity index (χ1v) is 17.7. The Morgan fingerprint density at radius 3 is 1.17 bits per heavy atom. The van der Waals surface area contributed by atoms with Gasteiger partial charge in [0, 0.05) is 18.6 Å². The Hall–Kier alpha value is -5.80. The van der Waals surface area contributed by atoms with E-state index in [1.165, 1.54) is 33.4 Å². The van der Waals surface area contributed by atoms with Crippen LogP contribution in [0.25, 0.3) is 56.0 Å². The number of aryl methyl sites for hydroxylation is 4. The average molecular weight is 859 g/mol. The van der Waals surface area contributed by atoms with Crippen LogP contribution in [0.4, 0.5) is 0 Å². The number of nitrogens with zero attached hydrogens (tertiary/aromatic N) is 3. The maximum atomic E-state index is 4.83. The van der Waals surface area contributed by atoms with Crippen molar-refractivity contribution in [2.75, 3.05) is 0 Å². The van der Waals surface area contributed by atoms with Crippen molar-refractivity contribution in [3.8, 4) is 56.0 Å². The Labute approximate surface area is 325 Å². The van der Waals surface area contributed by atoms with Crippen LogP contribution in [-0.4, -0.2) is 15.0 Å². The molecule has 0 atom stereocenters. The summed E-state index contributed by atoms with van der Waals surface area (Å²) >= 11 is 0. The van der Waals surface area contributed by atoms with Crippen LogP contribution in [0, 0.1) is 18.2 Å². The molecule has 0 N–H and O–H groups in total. The second-order valence-electron chi connectivity index (χ2n) is 12.9. The van der Waals surface area contributed by atoms with Gasteiger partial charge in [0.2, 0.25) is 0 Å². The zero-order chi connectivity index (χ0) is 35.0. The molecule has 0 aliphatic carbocycles. The van der Waals surface area contributed by atoms with E-state index < -0.39 is 0 Å². The normalized spacial score (nSPS) is 10.8. The van der Waals surface area contributed by atoms with Crippen LogP contribution >= 0.6 is 0 Å². The van der Waals surface area contributed by atoms with E-state index in [4.69, 9.17) is 15.0 Å². The van der Waals surface area contributed by atoms with Crippen molar-refractivity contribution >= 4 is 0 Å². The van der Waals surface area contributed by atoms with E-state index in [0.29, 0.717) is 0 Å². The molecule has 4 heteroatoms. The molecule has 0 saturated carbocycles. The van der Waals surface area contributed by atoms with Gasteiger partial charge in [-0.05, 0) is 87.3 Å². The first kappa shape index (κ1) is 35.6. The Kier molecular flexibility index (Phi) is 11.5. The van der Waals surface area contributed by atoms with Crippen LogP contribution in [0.1, 0.15) is 22.3 Å². The van der Waals surface area contributed by atoms with Crippen LogP contribution < -0.4 is 0 Å². The van der Waals surface area contributed by atoms with Gasteiger partial charge in [0.15, 0.2) is 0 Å².